The van der Waals surface area contributed by atoms with E-state index in [-0.39, 0.29) is 11.8 Å². The van der Waals surface area contributed by atoms with Crippen molar-refractivity contribution < 1.29 is 14.0 Å². The Morgan fingerprint density at radius 1 is 1.33 bits per heavy atom. The number of hydrogen-bond donors (Lipinski definition) is 1. The molecule has 3 rings (SSSR count). The Labute approximate surface area is 140 Å². The third-order valence-corrected chi connectivity index (χ3v) is 4.08. The molecule has 6 heteroatoms. The number of nitrogens with zero attached hydrogens (tertiary/aromatic N) is 2. The average Bonchev–Trinajstić information content (AvgIpc) is 3.20. The number of hydrazone groups is 1. The number of benzene rings is 1. The van der Waals surface area contributed by atoms with E-state index in [0.717, 1.165) is 24.2 Å². The molecule has 1 aromatic carbocycles. The molecule has 0 spiro atoms. The summed E-state index contributed by atoms with van der Waals surface area (Å²) in [6.07, 6.45) is 2.95. The lowest BCUT2D eigenvalue weighted by Gasteiger charge is -2.16. The van der Waals surface area contributed by atoms with Crippen LogP contribution in [0.2, 0.25) is 0 Å². The van der Waals surface area contributed by atoms with E-state index in [4.69, 9.17) is 4.42 Å². The van der Waals surface area contributed by atoms with Crippen LogP contribution in [0.25, 0.3) is 0 Å². The predicted octanol–water partition coefficient (Wildman–Crippen LogP) is 2.87. The molecule has 6 nitrogen and oxygen atoms in total. The van der Waals surface area contributed by atoms with Crippen LogP contribution in [-0.4, -0.2) is 24.1 Å². The van der Waals surface area contributed by atoms with Gasteiger partial charge in [-0.25, -0.2) is 5.43 Å². The van der Waals surface area contributed by atoms with Crippen LogP contribution >= 0.6 is 0 Å². The highest BCUT2D eigenvalue weighted by molar-refractivity contribution is 6.03. The second kappa shape index (κ2) is 6.70. The fourth-order valence-corrected chi connectivity index (χ4v) is 2.70. The van der Waals surface area contributed by atoms with Crippen molar-refractivity contribution in [3.05, 3.63) is 53.5 Å². The Kier molecular flexibility index (Phi) is 4.46. The summed E-state index contributed by atoms with van der Waals surface area (Å²) in [5.41, 5.74) is 5.38. The SMILES string of the molecule is C/C(=N/NC(=O)c1ccoc1C)c1cccc(N2CCCC2=O)c1. The second-order valence-electron chi connectivity index (χ2n) is 5.73. The number of hydrogen-bond acceptors (Lipinski definition) is 4. The Balaban J connectivity index is 1.75. The molecule has 24 heavy (non-hydrogen) atoms. The summed E-state index contributed by atoms with van der Waals surface area (Å²) in [4.78, 5) is 25.7. The maximum atomic E-state index is 12.1. The van der Waals surface area contributed by atoms with Crippen molar-refractivity contribution >= 4 is 23.2 Å². The van der Waals surface area contributed by atoms with Gasteiger partial charge < -0.3 is 9.32 Å². The molecule has 0 unspecified atom stereocenters. The van der Waals surface area contributed by atoms with Gasteiger partial charge >= 0.3 is 0 Å². The quantitative estimate of drug-likeness (QED) is 0.694. The van der Waals surface area contributed by atoms with Gasteiger partial charge in [0.1, 0.15) is 5.76 Å². The zero-order valence-electron chi connectivity index (χ0n) is 13.7. The minimum Gasteiger partial charge on any atom is -0.469 e. The molecule has 1 aliphatic rings. The number of anilines is 1. The summed E-state index contributed by atoms with van der Waals surface area (Å²) in [6, 6.07) is 9.22. The van der Waals surface area contributed by atoms with Crippen molar-refractivity contribution in [1.82, 2.24) is 5.43 Å². The van der Waals surface area contributed by atoms with Crippen molar-refractivity contribution in [1.29, 1.82) is 0 Å². The second-order valence-corrected chi connectivity index (χ2v) is 5.73. The standard InChI is InChI=1S/C18H19N3O3/c1-12(19-20-18(23)16-8-10-24-13(16)2)14-5-3-6-15(11-14)21-9-4-7-17(21)22/h3,5-6,8,10-11H,4,7,9H2,1-2H3,(H,20,23)/b19-12-. The van der Waals surface area contributed by atoms with Crippen LogP contribution < -0.4 is 10.3 Å². The van der Waals surface area contributed by atoms with Gasteiger partial charge in [-0.05, 0) is 44.0 Å². The molecule has 1 fully saturated rings. The van der Waals surface area contributed by atoms with Crippen molar-refractivity contribution in [2.24, 2.45) is 5.10 Å². The highest BCUT2D eigenvalue weighted by Crippen LogP contribution is 2.22. The van der Waals surface area contributed by atoms with Crippen LogP contribution in [0.4, 0.5) is 5.69 Å². The van der Waals surface area contributed by atoms with E-state index in [9.17, 15) is 9.59 Å². The van der Waals surface area contributed by atoms with E-state index in [1.807, 2.05) is 31.2 Å². The fraction of sp³-hybridized carbons (Fsp3) is 0.278. The minimum absolute atomic E-state index is 0.144. The summed E-state index contributed by atoms with van der Waals surface area (Å²) in [6.45, 7) is 4.28. The van der Waals surface area contributed by atoms with Gasteiger partial charge in [-0.15, -0.1) is 0 Å². The van der Waals surface area contributed by atoms with Gasteiger partial charge in [0.2, 0.25) is 5.91 Å². The predicted molar refractivity (Wildman–Crippen MR) is 91.2 cm³/mol. The van der Waals surface area contributed by atoms with Gasteiger partial charge in [0.05, 0.1) is 17.5 Å². The highest BCUT2D eigenvalue weighted by Gasteiger charge is 2.21. The topological polar surface area (TPSA) is 74.9 Å². The third kappa shape index (κ3) is 3.22. The Morgan fingerprint density at radius 3 is 2.83 bits per heavy atom. The Hall–Kier alpha value is -2.89. The summed E-state index contributed by atoms with van der Waals surface area (Å²) in [5, 5.41) is 4.15. The Bertz CT molecular complexity index is 807. The van der Waals surface area contributed by atoms with E-state index < -0.39 is 0 Å². The van der Waals surface area contributed by atoms with Crippen LogP contribution in [-0.2, 0) is 4.79 Å². The van der Waals surface area contributed by atoms with Gasteiger partial charge in [0.15, 0.2) is 0 Å². The molecule has 1 aliphatic heterocycles. The molecule has 0 radical (unpaired) electrons. The maximum absolute atomic E-state index is 12.1. The van der Waals surface area contributed by atoms with Crippen LogP contribution in [0.3, 0.4) is 0 Å². The molecule has 1 N–H and O–H groups in total. The van der Waals surface area contributed by atoms with E-state index in [2.05, 4.69) is 10.5 Å². The molecule has 0 bridgehead atoms. The minimum atomic E-state index is -0.313. The van der Waals surface area contributed by atoms with Crippen LogP contribution in [0.15, 0.2) is 46.1 Å². The molecule has 0 saturated carbocycles. The van der Waals surface area contributed by atoms with Crippen molar-refractivity contribution in [3.8, 4) is 0 Å². The van der Waals surface area contributed by atoms with E-state index in [0.29, 0.717) is 23.5 Å². The number of aryl methyl sites for hydroxylation is 1. The van der Waals surface area contributed by atoms with Crippen molar-refractivity contribution in [2.75, 3.05) is 11.4 Å². The smallest absolute Gasteiger partial charge is 0.274 e. The van der Waals surface area contributed by atoms with E-state index in [1.54, 1.807) is 17.9 Å². The average molecular weight is 325 g/mol. The van der Waals surface area contributed by atoms with Gasteiger partial charge in [-0.2, -0.15) is 5.10 Å². The van der Waals surface area contributed by atoms with Crippen LogP contribution in [0, 0.1) is 6.92 Å². The molecule has 0 atom stereocenters. The zero-order chi connectivity index (χ0) is 17.1. The number of amides is 2. The lowest BCUT2D eigenvalue weighted by Crippen LogP contribution is -2.24. The molecular formula is C18H19N3O3. The fourth-order valence-electron chi connectivity index (χ4n) is 2.70. The molecule has 1 saturated heterocycles. The van der Waals surface area contributed by atoms with Crippen LogP contribution in [0.1, 0.15) is 41.4 Å². The maximum Gasteiger partial charge on any atom is 0.274 e. The lowest BCUT2D eigenvalue weighted by molar-refractivity contribution is -0.117. The molecule has 2 amide bonds. The normalized spacial score (nSPS) is 15.0. The molecular weight excluding hydrogens is 306 g/mol. The number of furan rings is 1. The van der Waals surface area contributed by atoms with Gasteiger partial charge in [-0.1, -0.05) is 12.1 Å². The largest absolute Gasteiger partial charge is 0.469 e. The summed E-state index contributed by atoms with van der Waals surface area (Å²) in [7, 11) is 0. The number of nitrogens with one attached hydrogen (secondary N) is 1. The molecule has 2 heterocycles. The van der Waals surface area contributed by atoms with Crippen molar-refractivity contribution in [3.63, 3.8) is 0 Å². The first kappa shape index (κ1) is 16.0. The summed E-state index contributed by atoms with van der Waals surface area (Å²) < 4.78 is 5.11. The molecule has 1 aromatic heterocycles. The lowest BCUT2D eigenvalue weighted by atomic mass is 10.1. The molecule has 2 aromatic rings. The first-order chi connectivity index (χ1) is 11.6. The van der Waals surface area contributed by atoms with Gasteiger partial charge in [0.25, 0.3) is 5.91 Å². The van der Waals surface area contributed by atoms with E-state index in [1.165, 1.54) is 6.26 Å². The number of rotatable bonds is 4. The monoisotopic (exact) mass is 325 g/mol. The highest BCUT2D eigenvalue weighted by atomic mass is 16.3. The van der Waals surface area contributed by atoms with Gasteiger partial charge in [0, 0.05) is 18.7 Å². The number of carbonyl (C=O) groups excluding carboxylic acids is 2. The number of carbonyl (C=O) groups is 2. The first-order valence-electron chi connectivity index (χ1n) is 7.86. The summed E-state index contributed by atoms with van der Waals surface area (Å²) in [5.74, 6) is 0.381. The van der Waals surface area contributed by atoms with Crippen molar-refractivity contribution in [2.45, 2.75) is 26.7 Å². The zero-order valence-corrected chi connectivity index (χ0v) is 13.7. The molecule has 0 aliphatic carbocycles. The summed E-state index contributed by atoms with van der Waals surface area (Å²) >= 11 is 0. The van der Waals surface area contributed by atoms with E-state index >= 15 is 0 Å². The van der Waals surface area contributed by atoms with Gasteiger partial charge in [-0.3, -0.25) is 9.59 Å². The Morgan fingerprint density at radius 2 is 2.17 bits per heavy atom. The third-order valence-electron chi connectivity index (χ3n) is 4.08. The van der Waals surface area contributed by atoms with Crippen LogP contribution in [0.5, 0.6) is 0 Å². The first-order valence-corrected chi connectivity index (χ1v) is 7.86. The molecule has 124 valence electrons.